The van der Waals surface area contributed by atoms with Gasteiger partial charge in [-0.15, -0.1) is 0 Å². The summed E-state index contributed by atoms with van der Waals surface area (Å²) in [5.41, 5.74) is 2.55. The van der Waals surface area contributed by atoms with E-state index < -0.39 is 0 Å². The normalized spacial score (nSPS) is 22.0. The molecular formula is C17H23N3O2. The summed E-state index contributed by atoms with van der Waals surface area (Å²) >= 11 is 0. The number of likely N-dealkylation sites (tertiary alicyclic amines) is 1. The van der Waals surface area contributed by atoms with Crippen molar-refractivity contribution < 1.29 is 9.59 Å². The third-order valence-corrected chi connectivity index (χ3v) is 4.80. The van der Waals surface area contributed by atoms with Crippen LogP contribution in [0.5, 0.6) is 0 Å². The monoisotopic (exact) mass is 301 g/mol. The van der Waals surface area contributed by atoms with Gasteiger partial charge >= 0.3 is 0 Å². The molecule has 2 amide bonds. The molecule has 0 aromatic heterocycles. The molecular weight excluding hydrogens is 278 g/mol. The van der Waals surface area contributed by atoms with E-state index in [1.54, 1.807) is 7.05 Å². The lowest BCUT2D eigenvalue weighted by molar-refractivity contribution is -0.137. The van der Waals surface area contributed by atoms with Gasteiger partial charge in [0.1, 0.15) is 0 Å². The fourth-order valence-electron chi connectivity index (χ4n) is 3.42. The Balaban J connectivity index is 1.58. The van der Waals surface area contributed by atoms with Gasteiger partial charge in [-0.25, -0.2) is 0 Å². The molecule has 0 radical (unpaired) electrons. The minimum Gasteiger partial charge on any atom is -0.359 e. The number of hydrogen-bond donors (Lipinski definition) is 2. The van der Waals surface area contributed by atoms with Gasteiger partial charge < -0.3 is 15.5 Å². The van der Waals surface area contributed by atoms with Crippen molar-refractivity contribution in [1.29, 1.82) is 0 Å². The Morgan fingerprint density at radius 2 is 1.86 bits per heavy atom. The second-order valence-electron chi connectivity index (χ2n) is 6.12. The number of amides is 2. The number of fused-ring (bicyclic) bond motifs is 1. The molecule has 2 heterocycles. The first-order valence-electron chi connectivity index (χ1n) is 7.99. The molecule has 5 nitrogen and oxygen atoms in total. The highest BCUT2D eigenvalue weighted by atomic mass is 16.2. The SMILES string of the molecule is CNC(=O)C1CCN(C(=O)C2Cc3ccccc3CN2)CC1. The summed E-state index contributed by atoms with van der Waals surface area (Å²) in [5.74, 6) is 0.316. The Kier molecular flexibility index (Phi) is 4.43. The van der Waals surface area contributed by atoms with E-state index in [0.29, 0.717) is 13.1 Å². The maximum atomic E-state index is 12.7. The standard InChI is InChI=1S/C17H23N3O2/c1-18-16(21)12-6-8-20(9-7-12)17(22)15-10-13-4-2-3-5-14(13)11-19-15/h2-5,12,15,19H,6-11H2,1H3,(H,18,21). The Bertz CT molecular complexity index is 565. The first-order valence-corrected chi connectivity index (χ1v) is 7.99. The van der Waals surface area contributed by atoms with Crippen molar-refractivity contribution in [3.8, 4) is 0 Å². The third kappa shape index (κ3) is 2.99. The van der Waals surface area contributed by atoms with Crippen molar-refractivity contribution in [3.63, 3.8) is 0 Å². The van der Waals surface area contributed by atoms with E-state index in [4.69, 9.17) is 0 Å². The summed E-state index contributed by atoms with van der Waals surface area (Å²) in [6.07, 6.45) is 2.27. The fraction of sp³-hybridized carbons (Fsp3) is 0.529. The molecule has 1 unspecified atom stereocenters. The van der Waals surface area contributed by atoms with Crippen LogP contribution in [0, 0.1) is 5.92 Å². The molecule has 22 heavy (non-hydrogen) atoms. The quantitative estimate of drug-likeness (QED) is 0.845. The van der Waals surface area contributed by atoms with Gasteiger partial charge in [-0.3, -0.25) is 9.59 Å². The zero-order chi connectivity index (χ0) is 15.5. The molecule has 3 rings (SSSR count). The first kappa shape index (κ1) is 15.0. The van der Waals surface area contributed by atoms with Crippen LogP contribution in [0.15, 0.2) is 24.3 Å². The van der Waals surface area contributed by atoms with Crippen LogP contribution in [0.2, 0.25) is 0 Å². The zero-order valence-corrected chi connectivity index (χ0v) is 13.0. The second kappa shape index (κ2) is 6.48. The van der Waals surface area contributed by atoms with Crippen LogP contribution >= 0.6 is 0 Å². The number of nitrogens with zero attached hydrogens (tertiary/aromatic N) is 1. The Morgan fingerprint density at radius 3 is 2.55 bits per heavy atom. The third-order valence-electron chi connectivity index (χ3n) is 4.80. The number of carbonyl (C=O) groups is 2. The zero-order valence-electron chi connectivity index (χ0n) is 13.0. The molecule has 2 N–H and O–H groups in total. The van der Waals surface area contributed by atoms with Crippen LogP contribution < -0.4 is 10.6 Å². The molecule has 1 atom stereocenters. The van der Waals surface area contributed by atoms with E-state index in [1.807, 2.05) is 17.0 Å². The number of rotatable bonds is 2. The molecule has 118 valence electrons. The van der Waals surface area contributed by atoms with Crippen molar-refractivity contribution in [2.24, 2.45) is 5.92 Å². The number of nitrogens with one attached hydrogen (secondary N) is 2. The van der Waals surface area contributed by atoms with Crippen LogP contribution in [0.25, 0.3) is 0 Å². The Labute approximate surface area is 131 Å². The average molecular weight is 301 g/mol. The molecule has 2 aliphatic heterocycles. The van der Waals surface area contributed by atoms with Gasteiger partial charge in [0.2, 0.25) is 11.8 Å². The summed E-state index contributed by atoms with van der Waals surface area (Å²) < 4.78 is 0. The Hall–Kier alpha value is -1.88. The average Bonchev–Trinajstić information content (AvgIpc) is 2.60. The van der Waals surface area contributed by atoms with Crippen LogP contribution in [-0.4, -0.2) is 42.9 Å². The molecule has 0 spiro atoms. The van der Waals surface area contributed by atoms with E-state index in [2.05, 4.69) is 22.8 Å². The topological polar surface area (TPSA) is 61.4 Å². The van der Waals surface area contributed by atoms with Gasteiger partial charge in [-0.05, 0) is 30.4 Å². The lowest BCUT2D eigenvalue weighted by atomic mass is 9.93. The van der Waals surface area contributed by atoms with Crippen LogP contribution in [0.4, 0.5) is 0 Å². The van der Waals surface area contributed by atoms with Crippen molar-refractivity contribution in [2.75, 3.05) is 20.1 Å². The summed E-state index contributed by atoms with van der Waals surface area (Å²) in [7, 11) is 1.67. The molecule has 0 saturated carbocycles. The van der Waals surface area contributed by atoms with Gasteiger partial charge in [-0.1, -0.05) is 24.3 Å². The van der Waals surface area contributed by atoms with Gasteiger partial charge in [0.25, 0.3) is 0 Å². The highest BCUT2D eigenvalue weighted by molar-refractivity contribution is 5.83. The van der Waals surface area contributed by atoms with Gasteiger partial charge in [0, 0.05) is 32.6 Å². The van der Waals surface area contributed by atoms with Gasteiger partial charge in [-0.2, -0.15) is 0 Å². The first-order chi connectivity index (χ1) is 10.7. The predicted molar refractivity (Wildman–Crippen MR) is 84.1 cm³/mol. The van der Waals surface area contributed by atoms with E-state index in [-0.39, 0.29) is 23.8 Å². The molecule has 5 heteroatoms. The fourth-order valence-corrected chi connectivity index (χ4v) is 3.42. The summed E-state index contributed by atoms with van der Waals surface area (Å²) in [5, 5.41) is 6.05. The maximum absolute atomic E-state index is 12.7. The van der Waals surface area contributed by atoms with Crippen LogP contribution in [-0.2, 0) is 22.6 Å². The van der Waals surface area contributed by atoms with E-state index in [0.717, 1.165) is 25.8 Å². The number of carbonyl (C=O) groups excluding carboxylic acids is 2. The number of benzene rings is 1. The molecule has 0 bridgehead atoms. The molecule has 0 aliphatic carbocycles. The minimum atomic E-state index is -0.133. The predicted octanol–water partition coefficient (Wildman–Crippen LogP) is 0.685. The van der Waals surface area contributed by atoms with Crippen molar-refractivity contribution in [1.82, 2.24) is 15.5 Å². The number of hydrogen-bond acceptors (Lipinski definition) is 3. The molecule has 1 aromatic rings. The number of piperidine rings is 1. The minimum absolute atomic E-state index is 0.0501. The molecule has 1 aromatic carbocycles. The van der Waals surface area contributed by atoms with E-state index in [9.17, 15) is 9.59 Å². The van der Waals surface area contributed by atoms with Crippen molar-refractivity contribution in [2.45, 2.75) is 31.8 Å². The summed E-state index contributed by atoms with van der Waals surface area (Å²) in [4.78, 5) is 26.2. The lowest BCUT2D eigenvalue weighted by Gasteiger charge is -2.35. The lowest BCUT2D eigenvalue weighted by Crippen LogP contribution is -2.52. The van der Waals surface area contributed by atoms with Crippen molar-refractivity contribution in [3.05, 3.63) is 35.4 Å². The largest absolute Gasteiger partial charge is 0.359 e. The van der Waals surface area contributed by atoms with Gasteiger partial charge in [0.15, 0.2) is 0 Å². The Morgan fingerprint density at radius 1 is 1.18 bits per heavy atom. The van der Waals surface area contributed by atoms with Gasteiger partial charge in [0.05, 0.1) is 6.04 Å². The van der Waals surface area contributed by atoms with Crippen LogP contribution in [0.3, 0.4) is 0 Å². The second-order valence-corrected chi connectivity index (χ2v) is 6.12. The summed E-state index contributed by atoms with van der Waals surface area (Å²) in [6.45, 7) is 2.11. The molecule has 1 fully saturated rings. The molecule has 1 saturated heterocycles. The van der Waals surface area contributed by atoms with Crippen LogP contribution in [0.1, 0.15) is 24.0 Å². The maximum Gasteiger partial charge on any atom is 0.240 e. The smallest absolute Gasteiger partial charge is 0.240 e. The summed E-state index contributed by atoms with van der Waals surface area (Å²) in [6, 6.07) is 8.14. The van der Waals surface area contributed by atoms with Crippen molar-refractivity contribution >= 4 is 11.8 Å². The van der Waals surface area contributed by atoms with E-state index in [1.165, 1.54) is 11.1 Å². The molecule has 2 aliphatic rings. The highest BCUT2D eigenvalue weighted by Crippen LogP contribution is 2.21. The highest BCUT2D eigenvalue weighted by Gasteiger charge is 2.31. The van der Waals surface area contributed by atoms with E-state index >= 15 is 0 Å².